The number of carbonyl (C=O) groups excluding carboxylic acids is 1. The first-order chi connectivity index (χ1) is 8.50. The van der Waals surface area contributed by atoms with Crippen LogP contribution >= 0.6 is 0 Å². The molecule has 0 radical (unpaired) electrons. The Labute approximate surface area is 106 Å². The van der Waals surface area contributed by atoms with Gasteiger partial charge in [-0.2, -0.15) is 0 Å². The van der Waals surface area contributed by atoms with Crippen molar-refractivity contribution in [1.29, 1.82) is 0 Å². The van der Waals surface area contributed by atoms with Crippen molar-refractivity contribution in [1.82, 2.24) is 4.90 Å². The van der Waals surface area contributed by atoms with E-state index in [0.29, 0.717) is 12.1 Å². The van der Waals surface area contributed by atoms with E-state index in [1.165, 1.54) is 0 Å². The lowest BCUT2D eigenvalue weighted by Crippen LogP contribution is -2.29. The van der Waals surface area contributed by atoms with Crippen molar-refractivity contribution in [2.75, 3.05) is 13.1 Å². The van der Waals surface area contributed by atoms with Gasteiger partial charge in [0, 0.05) is 12.6 Å². The second-order valence-corrected chi connectivity index (χ2v) is 4.77. The highest BCUT2D eigenvalue weighted by molar-refractivity contribution is 5.77. The first-order valence-electron chi connectivity index (χ1n) is 6.05. The highest BCUT2D eigenvalue weighted by atomic mass is 16.3. The number of rotatable bonds is 3. The summed E-state index contributed by atoms with van der Waals surface area (Å²) < 4.78 is 0. The molecular formula is C13H18N2O3. The van der Waals surface area contributed by atoms with Crippen molar-refractivity contribution in [3.05, 3.63) is 23.8 Å². The van der Waals surface area contributed by atoms with Gasteiger partial charge in [-0.15, -0.1) is 0 Å². The maximum atomic E-state index is 11.1. The van der Waals surface area contributed by atoms with E-state index in [0.717, 1.165) is 13.0 Å². The summed E-state index contributed by atoms with van der Waals surface area (Å²) in [7, 11) is 0. The fourth-order valence-electron chi connectivity index (χ4n) is 2.52. The van der Waals surface area contributed by atoms with Gasteiger partial charge in [0.1, 0.15) is 11.5 Å². The number of phenols is 2. The third-order valence-corrected chi connectivity index (χ3v) is 3.65. The fraction of sp³-hybridized carbons (Fsp3) is 0.462. The van der Waals surface area contributed by atoms with Gasteiger partial charge in [-0.25, -0.2) is 0 Å². The van der Waals surface area contributed by atoms with Crippen molar-refractivity contribution in [2.24, 2.45) is 11.7 Å². The highest BCUT2D eigenvalue weighted by Gasteiger charge is 2.31. The molecule has 1 aromatic carbocycles. The molecule has 1 aliphatic rings. The SMILES string of the molecule is CC(c1c(O)cccc1O)N1CCC(C(N)=O)C1. The van der Waals surface area contributed by atoms with E-state index in [4.69, 9.17) is 5.73 Å². The van der Waals surface area contributed by atoms with Crippen molar-refractivity contribution in [2.45, 2.75) is 19.4 Å². The second kappa shape index (κ2) is 4.86. The lowest BCUT2D eigenvalue weighted by atomic mass is 10.0. The molecular weight excluding hydrogens is 232 g/mol. The Hall–Kier alpha value is -1.75. The largest absolute Gasteiger partial charge is 0.507 e. The van der Waals surface area contributed by atoms with Gasteiger partial charge >= 0.3 is 0 Å². The number of carbonyl (C=O) groups is 1. The van der Waals surface area contributed by atoms with Gasteiger partial charge < -0.3 is 15.9 Å². The van der Waals surface area contributed by atoms with E-state index in [-0.39, 0.29) is 29.4 Å². The monoisotopic (exact) mass is 250 g/mol. The van der Waals surface area contributed by atoms with Crippen LogP contribution in [0.3, 0.4) is 0 Å². The molecule has 5 nitrogen and oxygen atoms in total. The predicted molar refractivity (Wildman–Crippen MR) is 67.1 cm³/mol. The van der Waals surface area contributed by atoms with Gasteiger partial charge in [-0.3, -0.25) is 9.69 Å². The molecule has 1 aliphatic heterocycles. The maximum absolute atomic E-state index is 11.1. The zero-order valence-corrected chi connectivity index (χ0v) is 10.3. The minimum atomic E-state index is -0.286. The van der Waals surface area contributed by atoms with Crippen LogP contribution in [0.4, 0.5) is 0 Å². The van der Waals surface area contributed by atoms with Crippen molar-refractivity contribution >= 4 is 5.91 Å². The molecule has 4 N–H and O–H groups in total. The number of aromatic hydroxyl groups is 2. The molecule has 2 atom stereocenters. The van der Waals surface area contributed by atoms with E-state index in [1.54, 1.807) is 18.2 Å². The molecule has 1 amide bonds. The van der Waals surface area contributed by atoms with E-state index in [2.05, 4.69) is 0 Å². The van der Waals surface area contributed by atoms with Crippen LogP contribution in [0.2, 0.25) is 0 Å². The Morgan fingerprint density at radius 2 is 2.06 bits per heavy atom. The standard InChI is InChI=1S/C13H18N2O3/c1-8(12-10(16)3-2-4-11(12)17)15-6-5-9(7-15)13(14)18/h2-4,8-9,16-17H,5-7H2,1H3,(H2,14,18). The lowest BCUT2D eigenvalue weighted by molar-refractivity contribution is -0.121. The number of nitrogens with zero attached hydrogens (tertiary/aromatic N) is 1. The van der Waals surface area contributed by atoms with Crippen LogP contribution in [0.15, 0.2) is 18.2 Å². The molecule has 1 heterocycles. The van der Waals surface area contributed by atoms with E-state index >= 15 is 0 Å². The molecule has 1 saturated heterocycles. The third kappa shape index (κ3) is 2.26. The molecule has 18 heavy (non-hydrogen) atoms. The number of hydrogen-bond acceptors (Lipinski definition) is 4. The molecule has 5 heteroatoms. The normalized spacial score (nSPS) is 21.9. The Morgan fingerprint density at radius 1 is 1.44 bits per heavy atom. The third-order valence-electron chi connectivity index (χ3n) is 3.65. The van der Waals surface area contributed by atoms with Gasteiger partial charge in [0.05, 0.1) is 11.5 Å². The minimum absolute atomic E-state index is 0.0741. The van der Waals surface area contributed by atoms with Crippen LogP contribution in [0.25, 0.3) is 0 Å². The molecule has 1 aromatic rings. The van der Waals surface area contributed by atoms with Crippen molar-refractivity contribution in [3.8, 4) is 11.5 Å². The zero-order chi connectivity index (χ0) is 13.3. The number of phenolic OH excluding ortho intramolecular Hbond substituents is 2. The topological polar surface area (TPSA) is 86.8 Å². The summed E-state index contributed by atoms with van der Waals surface area (Å²) >= 11 is 0. The number of benzene rings is 1. The molecule has 1 fully saturated rings. The summed E-state index contributed by atoms with van der Waals surface area (Å²) in [5.41, 5.74) is 5.80. The van der Waals surface area contributed by atoms with Crippen molar-refractivity contribution < 1.29 is 15.0 Å². The Morgan fingerprint density at radius 3 is 2.56 bits per heavy atom. The number of amides is 1. The summed E-state index contributed by atoms with van der Waals surface area (Å²) in [6.07, 6.45) is 0.730. The maximum Gasteiger partial charge on any atom is 0.221 e. The smallest absolute Gasteiger partial charge is 0.221 e. The van der Waals surface area contributed by atoms with Crippen LogP contribution in [0, 0.1) is 5.92 Å². The van der Waals surface area contributed by atoms with Gasteiger partial charge in [0.25, 0.3) is 0 Å². The summed E-state index contributed by atoms with van der Waals surface area (Å²) in [6, 6.07) is 4.55. The first kappa shape index (κ1) is 12.7. The molecule has 2 unspecified atom stereocenters. The van der Waals surface area contributed by atoms with Crippen LogP contribution in [-0.4, -0.2) is 34.1 Å². The highest BCUT2D eigenvalue weighted by Crippen LogP contribution is 2.37. The number of likely N-dealkylation sites (tertiary alicyclic amines) is 1. The zero-order valence-electron chi connectivity index (χ0n) is 10.3. The average molecular weight is 250 g/mol. The summed E-state index contributed by atoms with van der Waals surface area (Å²) in [5, 5.41) is 19.6. The van der Waals surface area contributed by atoms with E-state index < -0.39 is 0 Å². The molecule has 0 aromatic heterocycles. The molecule has 98 valence electrons. The summed E-state index contributed by atoms with van der Waals surface area (Å²) in [5.74, 6) is -0.276. The second-order valence-electron chi connectivity index (χ2n) is 4.77. The average Bonchev–Trinajstić information content (AvgIpc) is 2.77. The quantitative estimate of drug-likeness (QED) is 0.746. The Balaban J connectivity index is 2.18. The van der Waals surface area contributed by atoms with E-state index in [1.807, 2.05) is 11.8 Å². The summed E-state index contributed by atoms with van der Waals surface area (Å²) in [6.45, 7) is 3.21. The Bertz CT molecular complexity index is 441. The molecule has 0 spiro atoms. The molecule has 0 saturated carbocycles. The lowest BCUT2D eigenvalue weighted by Gasteiger charge is -2.25. The van der Waals surface area contributed by atoms with Crippen LogP contribution < -0.4 is 5.73 Å². The minimum Gasteiger partial charge on any atom is -0.507 e. The number of nitrogens with two attached hydrogens (primary N) is 1. The van der Waals surface area contributed by atoms with Crippen LogP contribution in [0.1, 0.15) is 24.9 Å². The number of hydrogen-bond donors (Lipinski definition) is 3. The van der Waals surface area contributed by atoms with Gasteiger partial charge in [-0.05, 0) is 32.0 Å². The predicted octanol–water partition coefficient (Wildman–Crippen LogP) is 0.966. The number of primary amides is 1. The molecule has 0 bridgehead atoms. The van der Waals surface area contributed by atoms with Gasteiger partial charge in [-0.1, -0.05) is 6.07 Å². The van der Waals surface area contributed by atoms with Crippen molar-refractivity contribution in [3.63, 3.8) is 0 Å². The fourth-order valence-corrected chi connectivity index (χ4v) is 2.52. The van der Waals surface area contributed by atoms with Crippen LogP contribution in [-0.2, 0) is 4.79 Å². The summed E-state index contributed by atoms with van der Waals surface area (Å²) in [4.78, 5) is 13.2. The first-order valence-corrected chi connectivity index (χ1v) is 6.05. The van der Waals surface area contributed by atoms with E-state index in [9.17, 15) is 15.0 Å². The Kier molecular flexibility index (Phi) is 3.43. The van der Waals surface area contributed by atoms with Gasteiger partial charge in [0.15, 0.2) is 0 Å². The molecule has 2 rings (SSSR count). The van der Waals surface area contributed by atoms with Crippen LogP contribution in [0.5, 0.6) is 11.5 Å². The van der Waals surface area contributed by atoms with Gasteiger partial charge in [0.2, 0.25) is 5.91 Å². The molecule has 0 aliphatic carbocycles.